The van der Waals surface area contributed by atoms with E-state index in [1.54, 1.807) is 39.0 Å². The van der Waals surface area contributed by atoms with Gasteiger partial charge in [0.25, 0.3) is 0 Å². The second-order valence-corrected chi connectivity index (χ2v) is 8.75. The monoisotopic (exact) mass is 482 g/mol. The number of nitrogens with zero attached hydrogens (tertiary/aromatic N) is 5. The number of thiophene rings is 1. The van der Waals surface area contributed by atoms with Crippen molar-refractivity contribution in [3.05, 3.63) is 36.1 Å². The number of hydrogen-bond donors (Lipinski definition) is 2. The van der Waals surface area contributed by atoms with Crippen LogP contribution in [0.3, 0.4) is 0 Å². The minimum absolute atomic E-state index is 0.0742. The molecular formula is C23H26N6O4S. The molecule has 10 nitrogen and oxygen atoms in total. The first kappa shape index (κ1) is 22.2. The van der Waals surface area contributed by atoms with E-state index in [1.807, 2.05) is 34.3 Å². The largest absolute Gasteiger partial charge is 0.493 e. The van der Waals surface area contributed by atoms with Crippen molar-refractivity contribution in [1.29, 1.82) is 0 Å². The average molecular weight is 483 g/mol. The van der Waals surface area contributed by atoms with Gasteiger partial charge >= 0.3 is 0 Å². The van der Waals surface area contributed by atoms with E-state index in [9.17, 15) is 5.11 Å². The van der Waals surface area contributed by atoms with Gasteiger partial charge in [0.2, 0.25) is 11.7 Å². The molecule has 1 atom stereocenters. The SMILES string of the molecule is COc1cc(-n2cnc(Nc3nc(N4CCCC4CO)c4ccsc4n3)c2)cc(OC)c1OC. The molecular weight excluding hydrogens is 456 g/mol. The number of imidazole rings is 1. The Bertz CT molecular complexity index is 1280. The summed E-state index contributed by atoms with van der Waals surface area (Å²) in [6, 6.07) is 5.80. The summed E-state index contributed by atoms with van der Waals surface area (Å²) >= 11 is 1.56. The van der Waals surface area contributed by atoms with Crippen molar-refractivity contribution < 1.29 is 19.3 Å². The lowest BCUT2D eigenvalue weighted by atomic mass is 10.2. The van der Waals surface area contributed by atoms with E-state index in [0.29, 0.717) is 29.0 Å². The quantitative estimate of drug-likeness (QED) is 0.389. The maximum Gasteiger partial charge on any atom is 0.231 e. The molecule has 34 heavy (non-hydrogen) atoms. The molecule has 3 aromatic heterocycles. The van der Waals surface area contributed by atoms with E-state index in [0.717, 1.165) is 41.1 Å². The Morgan fingerprint density at radius 2 is 1.94 bits per heavy atom. The normalized spacial score (nSPS) is 15.6. The zero-order valence-electron chi connectivity index (χ0n) is 19.2. The van der Waals surface area contributed by atoms with Gasteiger partial charge in [0, 0.05) is 18.7 Å². The van der Waals surface area contributed by atoms with Crippen LogP contribution in [-0.4, -0.2) is 65.1 Å². The molecule has 1 unspecified atom stereocenters. The Hall–Kier alpha value is -3.57. The van der Waals surface area contributed by atoms with E-state index in [4.69, 9.17) is 19.2 Å². The lowest BCUT2D eigenvalue weighted by Gasteiger charge is -2.25. The molecule has 5 rings (SSSR count). The fourth-order valence-electron chi connectivity index (χ4n) is 4.28. The topological polar surface area (TPSA) is 107 Å². The summed E-state index contributed by atoms with van der Waals surface area (Å²) in [4.78, 5) is 17.0. The van der Waals surface area contributed by atoms with Gasteiger partial charge in [-0.2, -0.15) is 4.98 Å². The summed E-state index contributed by atoms with van der Waals surface area (Å²) in [5.74, 6) is 3.54. The molecule has 4 heterocycles. The Morgan fingerprint density at radius 3 is 2.65 bits per heavy atom. The van der Waals surface area contributed by atoms with Crippen LogP contribution in [0.4, 0.5) is 17.6 Å². The van der Waals surface area contributed by atoms with Gasteiger partial charge in [-0.05, 0) is 24.3 Å². The molecule has 4 aromatic rings. The molecule has 0 amide bonds. The van der Waals surface area contributed by atoms with Crippen LogP contribution < -0.4 is 24.4 Å². The number of anilines is 3. The van der Waals surface area contributed by atoms with Crippen LogP contribution in [0.15, 0.2) is 36.1 Å². The van der Waals surface area contributed by atoms with Crippen molar-refractivity contribution in [2.24, 2.45) is 0 Å². The van der Waals surface area contributed by atoms with Gasteiger partial charge in [0.1, 0.15) is 17.0 Å². The van der Waals surface area contributed by atoms with Crippen molar-refractivity contribution in [2.75, 3.05) is 44.7 Å². The van der Waals surface area contributed by atoms with Crippen molar-refractivity contribution in [1.82, 2.24) is 19.5 Å². The molecule has 0 saturated carbocycles. The van der Waals surface area contributed by atoms with Gasteiger partial charge in [-0.15, -0.1) is 11.3 Å². The highest BCUT2D eigenvalue weighted by molar-refractivity contribution is 7.16. The third-order valence-electron chi connectivity index (χ3n) is 5.93. The minimum Gasteiger partial charge on any atom is -0.493 e. The molecule has 1 saturated heterocycles. The first-order valence-electron chi connectivity index (χ1n) is 10.9. The summed E-state index contributed by atoms with van der Waals surface area (Å²) in [5.41, 5.74) is 0.799. The standard InChI is InChI=1S/C23H26N6O4S/c1-31-17-9-15(10-18(32-2)20(17)33-3)28-11-19(24-13-28)25-23-26-21(16-6-8-34-22(16)27-23)29-7-4-5-14(29)12-30/h6,8-11,13-14,30H,4-5,7,12H2,1-3H3,(H,25,26,27). The van der Waals surface area contributed by atoms with Crippen molar-refractivity contribution in [3.63, 3.8) is 0 Å². The van der Waals surface area contributed by atoms with E-state index in [1.165, 1.54) is 0 Å². The molecule has 0 aliphatic carbocycles. The molecule has 1 aliphatic heterocycles. The van der Waals surface area contributed by atoms with Crippen LogP contribution >= 0.6 is 11.3 Å². The number of fused-ring (bicyclic) bond motifs is 1. The molecule has 11 heteroatoms. The predicted molar refractivity (Wildman–Crippen MR) is 131 cm³/mol. The molecule has 1 aliphatic rings. The van der Waals surface area contributed by atoms with E-state index < -0.39 is 0 Å². The summed E-state index contributed by atoms with van der Waals surface area (Å²) in [6.45, 7) is 0.972. The van der Waals surface area contributed by atoms with E-state index in [2.05, 4.69) is 20.2 Å². The fourth-order valence-corrected chi connectivity index (χ4v) is 5.04. The first-order valence-corrected chi connectivity index (χ1v) is 11.8. The van der Waals surface area contributed by atoms with Gasteiger partial charge < -0.3 is 34.1 Å². The Kier molecular flexibility index (Phi) is 6.12. The smallest absolute Gasteiger partial charge is 0.231 e. The summed E-state index contributed by atoms with van der Waals surface area (Å²) in [5, 5.41) is 16.0. The van der Waals surface area contributed by atoms with Gasteiger partial charge in [-0.3, -0.25) is 0 Å². The molecule has 178 valence electrons. The van der Waals surface area contributed by atoms with Gasteiger partial charge in [-0.25, -0.2) is 9.97 Å². The number of hydrogen-bond acceptors (Lipinski definition) is 10. The van der Waals surface area contributed by atoms with Crippen LogP contribution in [0.5, 0.6) is 17.2 Å². The Balaban J connectivity index is 1.46. The average Bonchev–Trinajstić information content (AvgIpc) is 3.63. The molecule has 2 N–H and O–H groups in total. The number of aliphatic hydroxyl groups is 1. The van der Waals surface area contributed by atoms with Crippen LogP contribution in [0, 0.1) is 0 Å². The lowest BCUT2D eigenvalue weighted by molar-refractivity contribution is 0.266. The molecule has 0 spiro atoms. The highest BCUT2D eigenvalue weighted by Crippen LogP contribution is 2.39. The predicted octanol–water partition coefficient (Wildman–Crippen LogP) is 3.61. The molecule has 1 aromatic carbocycles. The highest BCUT2D eigenvalue weighted by atomic mass is 32.1. The third-order valence-corrected chi connectivity index (χ3v) is 6.74. The molecule has 0 radical (unpaired) electrons. The summed E-state index contributed by atoms with van der Waals surface area (Å²) in [7, 11) is 4.74. The number of rotatable bonds is 8. The van der Waals surface area contributed by atoms with E-state index >= 15 is 0 Å². The maximum atomic E-state index is 9.81. The number of methoxy groups -OCH3 is 3. The van der Waals surface area contributed by atoms with Crippen LogP contribution in [0.2, 0.25) is 0 Å². The van der Waals surface area contributed by atoms with E-state index in [-0.39, 0.29) is 12.6 Å². The van der Waals surface area contributed by atoms with Gasteiger partial charge in [0.05, 0.1) is 51.2 Å². The number of aromatic nitrogens is 4. The fraction of sp³-hybridized carbons (Fsp3) is 0.348. The second kappa shape index (κ2) is 9.35. The molecule has 1 fully saturated rings. The zero-order valence-corrected chi connectivity index (χ0v) is 20.0. The number of nitrogens with one attached hydrogen (secondary N) is 1. The van der Waals surface area contributed by atoms with Crippen LogP contribution in [-0.2, 0) is 0 Å². The van der Waals surface area contributed by atoms with Crippen molar-refractivity contribution in [3.8, 4) is 22.9 Å². The number of benzene rings is 1. The van der Waals surface area contributed by atoms with Crippen molar-refractivity contribution >= 4 is 39.1 Å². The number of ether oxygens (including phenoxy) is 3. The second-order valence-electron chi connectivity index (χ2n) is 7.86. The zero-order chi connectivity index (χ0) is 23.7. The number of aliphatic hydroxyl groups excluding tert-OH is 1. The lowest BCUT2D eigenvalue weighted by Crippen LogP contribution is -2.33. The molecule has 0 bridgehead atoms. The third kappa shape index (κ3) is 3.97. The van der Waals surface area contributed by atoms with Crippen LogP contribution in [0.1, 0.15) is 12.8 Å². The first-order chi connectivity index (χ1) is 16.6. The van der Waals surface area contributed by atoms with Gasteiger partial charge in [-0.1, -0.05) is 0 Å². The summed E-state index contributed by atoms with van der Waals surface area (Å²) < 4.78 is 18.2. The Labute approximate surface area is 200 Å². The minimum atomic E-state index is 0.0742. The van der Waals surface area contributed by atoms with Crippen LogP contribution in [0.25, 0.3) is 15.9 Å². The summed E-state index contributed by atoms with van der Waals surface area (Å²) in [6.07, 6.45) is 5.52. The van der Waals surface area contributed by atoms with Crippen molar-refractivity contribution in [2.45, 2.75) is 18.9 Å². The highest BCUT2D eigenvalue weighted by Gasteiger charge is 2.27. The Morgan fingerprint density at radius 1 is 1.15 bits per heavy atom. The van der Waals surface area contributed by atoms with Gasteiger partial charge in [0.15, 0.2) is 17.3 Å². The maximum absolute atomic E-state index is 9.81.